The van der Waals surface area contributed by atoms with Crippen LogP contribution < -0.4 is 0 Å². The molecule has 0 aliphatic carbocycles. The summed E-state index contributed by atoms with van der Waals surface area (Å²) < 4.78 is 0. The zero-order valence-electron chi connectivity index (χ0n) is 4.63. The molecule has 3 heteroatoms. The molecular formula is C6H5ClOS. The highest BCUT2D eigenvalue weighted by Crippen LogP contribution is 2.13. The normalized spacial score (nSPS) is 9.44. The first kappa shape index (κ1) is 6.78. The third-order valence-corrected chi connectivity index (χ3v) is 2.16. The summed E-state index contributed by atoms with van der Waals surface area (Å²) in [6, 6.07) is 1.80. The maximum atomic E-state index is 10.1. The van der Waals surface area contributed by atoms with Gasteiger partial charge in [-0.05, 0) is 17.0 Å². The molecule has 0 aromatic carbocycles. The van der Waals surface area contributed by atoms with Crippen molar-refractivity contribution in [2.75, 3.05) is 0 Å². The standard InChI is InChI=1S/C6H5ClOS/c7-2-5-1-6(3-8)9-4-5/h1,3-4H,2H2. The Kier molecular flexibility index (Phi) is 2.25. The molecule has 0 amide bonds. The van der Waals surface area contributed by atoms with Gasteiger partial charge in [0.2, 0.25) is 0 Å². The van der Waals surface area contributed by atoms with Gasteiger partial charge in [0.15, 0.2) is 6.29 Å². The Balaban J connectivity index is 2.86. The maximum Gasteiger partial charge on any atom is 0.160 e. The minimum Gasteiger partial charge on any atom is -0.297 e. The van der Waals surface area contributed by atoms with E-state index < -0.39 is 0 Å². The van der Waals surface area contributed by atoms with E-state index in [0.29, 0.717) is 5.88 Å². The topological polar surface area (TPSA) is 17.1 Å². The monoisotopic (exact) mass is 160 g/mol. The first-order valence-corrected chi connectivity index (χ1v) is 3.87. The Morgan fingerprint density at radius 2 is 2.56 bits per heavy atom. The summed E-state index contributed by atoms with van der Waals surface area (Å²) in [5.74, 6) is 0.490. The summed E-state index contributed by atoms with van der Waals surface area (Å²) in [6.45, 7) is 0. The van der Waals surface area contributed by atoms with Crippen LogP contribution in [0.1, 0.15) is 15.2 Å². The molecule has 0 atom stereocenters. The van der Waals surface area contributed by atoms with E-state index in [2.05, 4.69) is 0 Å². The molecular weight excluding hydrogens is 156 g/mol. The van der Waals surface area contributed by atoms with E-state index >= 15 is 0 Å². The Labute approximate surface area is 62.3 Å². The fraction of sp³-hybridized carbons (Fsp3) is 0.167. The highest BCUT2D eigenvalue weighted by Gasteiger charge is 1.94. The Hall–Kier alpha value is -0.340. The van der Waals surface area contributed by atoms with E-state index in [-0.39, 0.29) is 0 Å². The molecule has 0 saturated carbocycles. The van der Waals surface area contributed by atoms with E-state index in [4.69, 9.17) is 11.6 Å². The second kappa shape index (κ2) is 2.99. The molecule has 1 nitrogen and oxygen atoms in total. The van der Waals surface area contributed by atoms with Crippen molar-refractivity contribution in [3.05, 3.63) is 21.9 Å². The lowest BCUT2D eigenvalue weighted by Crippen LogP contribution is -1.68. The van der Waals surface area contributed by atoms with Crippen LogP contribution in [-0.2, 0) is 5.88 Å². The highest BCUT2D eigenvalue weighted by atomic mass is 35.5. The smallest absolute Gasteiger partial charge is 0.160 e. The molecule has 0 N–H and O–H groups in total. The predicted molar refractivity (Wildman–Crippen MR) is 39.3 cm³/mol. The molecule has 0 spiro atoms. The first-order chi connectivity index (χ1) is 4.36. The van der Waals surface area contributed by atoms with Gasteiger partial charge in [-0.25, -0.2) is 0 Å². The van der Waals surface area contributed by atoms with Gasteiger partial charge < -0.3 is 0 Å². The average molecular weight is 161 g/mol. The largest absolute Gasteiger partial charge is 0.297 e. The van der Waals surface area contributed by atoms with Gasteiger partial charge >= 0.3 is 0 Å². The summed E-state index contributed by atoms with van der Waals surface area (Å²) >= 11 is 6.91. The molecule has 0 aliphatic heterocycles. The van der Waals surface area contributed by atoms with Crippen LogP contribution in [0, 0.1) is 0 Å². The van der Waals surface area contributed by atoms with Gasteiger partial charge in [0.25, 0.3) is 0 Å². The number of halogens is 1. The van der Waals surface area contributed by atoms with E-state index in [1.165, 1.54) is 11.3 Å². The highest BCUT2D eigenvalue weighted by molar-refractivity contribution is 7.11. The minimum absolute atomic E-state index is 0.490. The van der Waals surface area contributed by atoms with Gasteiger partial charge in [0, 0.05) is 5.88 Å². The van der Waals surface area contributed by atoms with E-state index in [0.717, 1.165) is 16.7 Å². The molecule has 0 radical (unpaired) electrons. The Morgan fingerprint density at radius 3 is 2.89 bits per heavy atom. The number of thiophene rings is 1. The molecule has 0 saturated heterocycles. The third-order valence-electron chi connectivity index (χ3n) is 0.944. The number of hydrogen-bond donors (Lipinski definition) is 0. The summed E-state index contributed by atoms with van der Waals surface area (Å²) in [5, 5.41) is 1.89. The van der Waals surface area contributed by atoms with Crippen molar-refractivity contribution < 1.29 is 4.79 Å². The zero-order valence-corrected chi connectivity index (χ0v) is 6.21. The van der Waals surface area contributed by atoms with Crippen molar-refractivity contribution in [2.45, 2.75) is 5.88 Å². The van der Waals surface area contributed by atoms with E-state index in [1.54, 1.807) is 6.07 Å². The number of hydrogen-bond acceptors (Lipinski definition) is 2. The Morgan fingerprint density at radius 1 is 1.78 bits per heavy atom. The summed E-state index contributed by atoms with van der Waals surface area (Å²) in [5.41, 5.74) is 1.02. The van der Waals surface area contributed by atoms with Crippen LogP contribution in [0.3, 0.4) is 0 Å². The maximum absolute atomic E-state index is 10.1. The molecule has 0 fully saturated rings. The minimum atomic E-state index is 0.490. The molecule has 0 bridgehead atoms. The van der Waals surface area contributed by atoms with Crippen LogP contribution in [0.15, 0.2) is 11.4 Å². The third kappa shape index (κ3) is 1.53. The van der Waals surface area contributed by atoms with Crippen molar-refractivity contribution >= 4 is 29.2 Å². The average Bonchev–Trinajstić information content (AvgIpc) is 2.34. The lowest BCUT2D eigenvalue weighted by Gasteiger charge is -1.78. The van der Waals surface area contributed by atoms with Crippen LogP contribution in [0.2, 0.25) is 0 Å². The van der Waals surface area contributed by atoms with Crippen molar-refractivity contribution in [1.82, 2.24) is 0 Å². The van der Waals surface area contributed by atoms with Crippen LogP contribution in [-0.4, -0.2) is 6.29 Å². The number of carbonyl (C=O) groups is 1. The lowest BCUT2D eigenvalue weighted by molar-refractivity contribution is 0.112. The van der Waals surface area contributed by atoms with Crippen LogP contribution in [0.5, 0.6) is 0 Å². The van der Waals surface area contributed by atoms with E-state index in [1.807, 2.05) is 5.38 Å². The molecule has 48 valence electrons. The number of rotatable bonds is 2. The quantitative estimate of drug-likeness (QED) is 0.479. The molecule has 1 heterocycles. The van der Waals surface area contributed by atoms with Crippen LogP contribution in [0.25, 0.3) is 0 Å². The SMILES string of the molecule is O=Cc1cc(CCl)cs1. The summed E-state index contributed by atoms with van der Waals surface area (Å²) in [6.07, 6.45) is 0.834. The fourth-order valence-corrected chi connectivity index (χ4v) is 1.49. The summed E-state index contributed by atoms with van der Waals surface area (Å²) in [4.78, 5) is 10.8. The molecule has 0 aliphatic rings. The second-order valence-corrected chi connectivity index (χ2v) is 2.82. The van der Waals surface area contributed by atoms with Gasteiger partial charge in [0.05, 0.1) is 4.88 Å². The van der Waals surface area contributed by atoms with Gasteiger partial charge in [-0.1, -0.05) is 0 Å². The second-order valence-electron chi connectivity index (χ2n) is 1.61. The number of aldehydes is 1. The Bertz CT molecular complexity index is 207. The van der Waals surface area contributed by atoms with Gasteiger partial charge in [-0.3, -0.25) is 4.79 Å². The van der Waals surface area contributed by atoms with Crippen molar-refractivity contribution in [1.29, 1.82) is 0 Å². The van der Waals surface area contributed by atoms with Gasteiger partial charge in [-0.2, -0.15) is 0 Å². The fourth-order valence-electron chi connectivity index (χ4n) is 0.526. The van der Waals surface area contributed by atoms with Gasteiger partial charge in [-0.15, -0.1) is 22.9 Å². The first-order valence-electron chi connectivity index (χ1n) is 2.45. The number of carbonyl (C=O) groups excluding carboxylic acids is 1. The van der Waals surface area contributed by atoms with Gasteiger partial charge in [0.1, 0.15) is 0 Å². The molecule has 9 heavy (non-hydrogen) atoms. The summed E-state index contributed by atoms with van der Waals surface area (Å²) in [7, 11) is 0. The number of alkyl halides is 1. The van der Waals surface area contributed by atoms with E-state index in [9.17, 15) is 4.79 Å². The van der Waals surface area contributed by atoms with Crippen LogP contribution in [0.4, 0.5) is 0 Å². The zero-order chi connectivity index (χ0) is 6.69. The lowest BCUT2D eigenvalue weighted by atomic mass is 10.3. The van der Waals surface area contributed by atoms with Crippen molar-refractivity contribution in [3.63, 3.8) is 0 Å². The molecule has 1 aromatic rings. The van der Waals surface area contributed by atoms with Crippen LogP contribution >= 0.6 is 22.9 Å². The molecule has 1 aromatic heterocycles. The van der Waals surface area contributed by atoms with Crippen molar-refractivity contribution in [3.8, 4) is 0 Å². The molecule has 1 rings (SSSR count). The predicted octanol–water partition coefficient (Wildman–Crippen LogP) is 2.30. The molecule has 0 unspecified atom stereocenters. The van der Waals surface area contributed by atoms with Crippen molar-refractivity contribution in [2.24, 2.45) is 0 Å².